The molecule has 5 rings (SSSR count). The van der Waals surface area contributed by atoms with Crippen molar-refractivity contribution in [3.63, 3.8) is 0 Å². The molecular formula is C25H22N4O2. The highest BCUT2D eigenvalue weighted by Crippen LogP contribution is 2.32. The summed E-state index contributed by atoms with van der Waals surface area (Å²) in [6.45, 7) is 4.08. The van der Waals surface area contributed by atoms with Gasteiger partial charge < -0.3 is 4.84 Å². The van der Waals surface area contributed by atoms with Gasteiger partial charge in [-0.05, 0) is 43.7 Å². The Morgan fingerprint density at radius 2 is 1.55 bits per heavy atom. The van der Waals surface area contributed by atoms with Gasteiger partial charge in [0.2, 0.25) is 0 Å². The molecule has 1 saturated heterocycles. The first-order valence-electron chi connectivity index (χ1n) is 10.2. The molecule has 0 saturated carbocycles. The number of hydrogen-bond acceptors (Lipinski definition) is 6. The lowest BCUT2D eigenvalue weighted by molar-refractivity contribution is -0.140. The number of aryl methyl sites for hydroxylation is 2. The van der Waals surface area contributed by atoms with Crippen molar-refractivity contribution in [2.75, 3.05) is 5.01 Å². The van der Waals surface area contributed by atoms with Crippen molar-refractivity contribution in [3.8, 4) is 0 Å². The Morgan fingerprint density at radius 3 is 2.26 bits per heavy atom. The second kappa shape index (κ2) is 7.81. The maximum Gasteiger partial charge on any atom is 0.378 e. The fraction of sp³-hybridized carbons (Fsp3) is 0.160. The Hall–Kier alpha value is -3.77. The lowest BCUT2D eigenvalue weighted by Crippen LogP contribution is -2.29. The molecule has 1 atom stereocenters. The van der Waals surface area contributed by atoms with E-state index in [-0.39, 0.29) is 6.04 Å². The van der Waals surface area contributed by atoms with Gasteiger partial charge in [0.1, 0.15) is 0 Å². The van der Waals surface area contributed by atoms with Crippen LogP contribution in [0.1, 0.15) is 29.2 Å². The summed E-state index contributed by atoms with van der Waals surface area (Å²) in [7, 11) is 0. The van der Waals surface area contributed by atoms with Crippen molar-refractivity contribution < 1.29 is 9.63 Å². The van der Waals surface area contributed by atoms with Crippen molar-refractivity contribution in [2.45, 2.75) is 26.3 Å². The van der Waals surface area contributed by atoms with Gasteiger partial charge in [0.15, 0.2) is 5.70 Å². The number of para-hydroxylation sites is 2. The van der Waals surface area contributed by atoms with Crippen LogP contribution >= 0.6 is 0 Å². The summed E-state index contributed by atoms with van der Waals surface area (Å²) < 4.78 is 0. The van der Waals surface area contributed by atoms with Gasteiger partial charge in [-0.25, -0.2) is 14.8 Å². The molecule has 1 fully saturated rings. The van der Waals surface area contributed by atoms with Gasteiger partial charge >= 0.3 is 5.97 Å². The third kappa shape index (κ3) is 3.73. The number of benzene rings is 3. The Labute approximate surface area is 180 Å². The highest BCUT2D eigenvalue weighted by atomic mass is 16.7. The zero-order valence-electron chi connectivity index (χ0n) is 17.4. The van der Waals surface area contributed by atoms with E-state index in [9.17, 15) is 4.79 Å². The average Bonchev–Trinajstić information content (AvgIpc) is 3.05. The second-order valence-corrected chi connectivity index (χ2v) is 7.81. The Bertz CT molecular complexity index is 1290. The number of nitrogens with one attached hydrogen (secondary N) is 1. The molecule has 0 spiro atoms. The maximum atomic E-state index is 12.8. The zero-order valence-corrected chi connectivity index (χ0v) is 17.4. The summed E-state index contributed by atoms with van der Waals surface area (Å²) >= 11 is 0. The van der Waals surface area contributed by atoms with Crippen molar-refractivity contribution in [2.24, 2.45) is 9.98 Å². The first kappa shape index (κ1) is 19.2. The number of anilines is 1. The number of hydrogen-bond donors (Lipinski definition) is 1. The molecule has 2 heterocycles. The molecule has 2 aliphatic rings. The van der Waals surface area contributed by atoms with E-state index in [1.54, 1.807) is 5.01 Å². The first-order chi connectivity index (χ1) is 15.1. The van der Waals surface area contributed by atoms with Crippen molar-refractivity contribution in [1.82, 2.24) is 5.59 Å². The van der Waals surface area contributed by atoms with Crippen LogP contribution in [0.5, 0.6) is 0 Å². The number of hydrazine groups is 1. The minimum atomic E-state index is -0.457. The Kier molecular flexibility index (Phi) is 4.84. The van der Waals surface area contributed by atoms with E-state index in [1.165, 1.54) is 5.56 Å². The van der Waals surface area contributed by atoms with Gasteiger partial charge in [-0.15, -0.1) is 0 Å². The van der Waals surface area contributed by atoms with E-state index < -0.39 is 5.97 Å². The van der Waals surface area contributed by atoms with Crippen molar-refractivity contribution in [1.29, 1.82) is 0 Å². The first-order valence-corrected chi connectivity index (χ1v) is 10.2. The molecular weight excluding hydrogens is 388 g/mol. The monoisotopic (exact) mass is 410 g/mol. The van der Waals surface area contributed by atoms with Crippen LogP contribution in [0, 0.1) is 13.8 Å². The van der Waals surface area contributed by atoms with E-state index in [0.717, 1.165) is 27.5 Å². The molecule has 31 heavy (non-hydrogen) atoms. The molecule has 3 aromatic carbocycles. The van der Waals surface area contributed by atoms with Crippen LogP contribution in [-0.2, 0) is 9.63 Å². The van der Waals surface area contributed by atoms with Crippen LogP contribution in [0.15, 0.2) is 94.2 Å². The summed E-state index contributed by atoms with van der Waals surface area (Å²) in [5.74, 6) is -0.457. The smallest absolute Gasteiger partial charge is 0.345 e. The number of carbonyl (C=O) groups is 1. The highest BCUT2D eigenvalue weighted by molar-refractivity contribution is 5.95. The van der Waals surface area contributed by atoms with E-state index in [0.29, 0.717) is 17.8 Å². The molecule has 0 aromatic heterocycles. The van der Waals surface area contributed by atoms with Gasteiger partial charge in [-0.3, -0.25) is 4.99 Å². The summed E-state index contributed by atoms with van der Waals surface area (Å²) in [4.78, 5) is 27.8. The van der Waals surface area contributed by atoms with Crippen LogP contribution < -0.4 is 21.3 Å². The minimum Gasteiger partial charge on any atom is -0.345 e. The van der Waals surface area contributed by atoms with Crippen LogP contribution in [0.2, 0.25) is 0 Å². The van der Waals surface area contributed by atoms with Gasteiger partial charge in [0.05, 0.1) is 28.1 Å². The molecule has 6 nitrogen and oxygen atoms in total. The standard InChI is InChI=1S/C25H22N4O2/c1-16-7-11-18(12-8-16)22-15-23(27-21-6-4-3-5-20(21)26-22)24-25(30)31-28-29(24)19-13-9-17(2)10-14-19/h3-14,22,28H,15H2,1-2H3. The second-order valence-electron chi connectivity index (χ2n) is 7.81. The summed E-state index contributed by atoms with van der Waals surface area (Å²) in [6.07, 6.45) is 0.478. The third-order valence-corrected chi connectivity index (χ3v) is 5.49. The van der Waals surface area contributed by atoms with E-state index in [2.05, 4.69) is 36.8 Å². The largest absolute Gasteiger partial charge is 0.378 e. The Morgan fingerprint density at radius 1 is 0.903 bits per heavy atom. The predicted octanol–water partition coefficient (Wildman–Crippen LogP) is 3.38. The molecule has 6 heteroatoms. The number of rotatable bonds is 2. The van der Waals surface area contributed by atoms with Crippen LogP contribution in [0.25, 0.3) is 0 Å². The van der Waals surface area contributed by atoms with E-state index >= 15 is 0 Å². The highest BCUT2D eigenvalue weighted by Gasteiger charge is 2.34. The Balaban J connectivity index is 1.69. The van der Waals surface area contributed by atoms with Crippen LogP contribution in [0.3, 0.4) is 0 Å². The summed E-state index contributed by atoms with van der Waals surface area (Å²) in [5.41, 5.74) is 7.95. The fourth-order valence-corrected chi connectivity index (χ4v) is 3.78. The number of fused-ring (bicyclic) bond motifs is 1. The lowest BCUT2D eigenvalue weighted by Gasteiger charge is -2.18. The molecule has 0 aliphatic carbocycles. The molecule has 2 aliphatic heterocycles. The van der Waals surface area contributed by atoms with E-state index in [4.69, 9.17) is 14.8 Å². The molecule has 1 unspecified atom stereocenters. The van der Waals surface area contributed by atoms with Crippen molar-refractivity contribution in [3.05, 3.63) is 112 Å². The maximum absolute atomic E-state index is 12.8. The topological polar surface area (TPSA) is 66.3 Å². The predicted molar refractivity (Wildman–Crippen MR) is 117 cm³/mol. The molecule has 0 bridgehead atoms. The van der Waals surface area contributed by atoms with Gasteiger partial charge in [-0.1, -0.05) is 65.2 Å². The number of carbonyl (C=O) groups excluding carboxylic acids is 1. The zero-order chi connectivity index (χ0) is 21.4. The SMILES string of the molecule is Cc1ccc(C2CC(=C3C(=O)ONN3c3ccc(C)cc3)N=c3ccccc3=N2)cc1. The molecule has 3 aromatic rings. The molecule has 0 radical (unpaired) electrons. The van der Waals surface area contributed by atoms with Gasteiger partial charge in [-0.2, -0.15) is 0 Å². The average molecular weight is 410 g/mol. The lowest BCUT2D eigenvalue weighted by atomic mass is 10.0. The summed E-state index contributed by atoms with van der Waals surface area (Å²) in [6, 6.07) is 23.8. The molecule has 0 amide bonds. The van der Waals surface area contributed by atoms with Crippen molar-refractivity contribution >= 4 is 11.7 Å². The number of nitrogens with zero attached hydrogens (tertiary/aromatic N) is 3. The van der Waals surface area contributed by atoms with Crippen LogP contribution in [-0.4, -0.2) is 5.97 Å². The minimum absolute atomic E-state index is 0.163. The third-order valence-electron chi connectivity index (χ3n) is 5.49. The summed E-state index contributed by atoms with van der Waals surface area (Å²) in [5, 5.41) is 3.20. The van der Waals surface area contributed by atoms with E-state index in [1.807, 2.05) is 55.5 Å². The molecule has 1 N–H and O–H groups in total. The quantitative estimate of drug-likeness (QED) is 0.658. The normalized spacial score (nSPS) is 20.4. The fourth-order valence-electron chi connectivity index (χ4n) is 3.78. The van der Waals surface area contributed by atoms with Crippen LogP contribution in [0.4, 0.5) is 5.69 Å². The molecule has 154 valence electrons. The van der Waals surface area contributed by atoms with Gasteiger partial charge in [0, 0.05) is 6.42 Å². The van der Waals surface area contributed by atoms with Gasteiger partial charge in [0.25, 0.3) is 0 Å².